The molecule has 0 saturated heterocycles. The third-order valence-electron chi connectivity index (χ3n) is 14.6. The Kier molecular flexibility index (Phi) is 6.61. The number of carbonyl (C=O) groups is 3. The molecular formula is C42H51NO6. The molecular weight excluding hydrogens is 614 g/mol. The number of fused-ring (bicyclic) bond motifs is 11. The van der Waals surface area contributed by atoms with E-state index in [-0.39, 0.29) is 28.4 Å². The molecule has 2 N–H and O–H groups in total. The number of ketones is 3. The van der Waals surface area contributed by atoms with Gasteiger partial charge in [-0.2, -0.15) is 0 Å². The van der Waals surface area contributed by atoms with Gasteiger partial charge >= 0.3 is 0 Å². The van der Waals surface area contributed by atoms with Crippen molar-refractivity contribution in [2.45, 2.75) is 129 Å². The van der Waals surface area contributed by atoms with Crippen molar-refractivity contribution in [3.63, 3.8) is 0 Å². The third kappa shape index (κ3) is 3.88. The lowest BCUT2D eigenvalue weighted by Gasteiger charge is -2.64. The van der Waals surface area contributed by atoms with Crippen LogP contribution in [0.1, 0.15) is 133 Å². The molecule has 0 spiro atoms. The zero-order chi connectivity index (χ0) is 35.5. The predicted molar refractivity (Wildman–Crippen MR) is 189 cm³/mol. The van der Waals surface area contributed by atoms with Gasteiger partial charge in [0.05, 0.1) is 34.5 Å². The number of aliphatic hydroxyl groups is 2. The summed E-state index contributed by atoms with van der Waals surface area (Å²) >= 11 is 0. The smallest absolute Gasteiger partial charge is 0.220 e. The van der Waals surface area contributed by atoms with Crippen molar-refractivity contribution in [3.05, 3.63) is 64.4 Å². The highest BCUT2D eigenvalue weighted by Crippen LogP contribution is 2.71. The molecule has 2 aliphatic heterocycles. The van der Waals surface area contributed by atoms with Crippen LogP contribution in [-0.2, 0) is 26.2 Å². The van der Waals surface area contributed by atoms with Crippen molar-refractivity contribution in [1.82, 2.24) is 4.57 Å². The van der Waals surface area contributed by atoms with Crippen LogP contribution in [-0.4, -0.2) is 49.4 Å². The first kappa shape index (κ1) is 33.0. The first-order chi connectivity index (χ1) is 22.7. The minimum absolute atomic E-state index is 0.00239. The molecule has 0 radical (unpaired) electrons. The summed E-state index contributed by atoms with van der Waals surface area (Å²) in [6.07, 6.45) is 7.99. The summed E-state index contributed by atoms with van der Waals surface area (Å²) in [5, 5.41) is 24.8. The molecule has 0 amide bonds. The maximum absolute atomic E-state index is 14.8. The summed E-state index contributed by atoms with van der Waals surface area (Å²) in [6, 6.07) is 1.71. The van der Waals surface area contributed by atoms with Crippen molar-refractivity contribution in [2.24, 2.45) is 28.6 Å². The van der Waals surface area contributed by atoms with Crippen LogP contribution in [0.5, 0.6) is 0 Å². The number of hydrogen-bond acceptors (Lipinski definition) is 6. The number of carbonyl (C=O) groups excluding carboxylic acids is 3. The van der Waals surface area contributed by atoms with Crippen LogP contribution < -0.4 is 0 Å². The number of ether oxygens (including phenoxy) is 1. The summed E-state index contributed by atoms with van der Waals surface area (Å²) in [5.74, 6) is -0.958. The normalized spacial score (nSPS) is 39.3. The summed E-state index contributed by atoms with van der Waals surface area (Å²) in [4.78, 5) is 39.2. The van der Waals surface area contributed by atoms with E-state index in [1.807, 2.05) is 26.8 Å². The van der Waals surface area contributed by atoms with E-state index in [1.165, 1.54) is 24.3 Å². The van der Waals surface area contributed by atoms with Gasteiger partial charge in [0.2, 0.25) is 5.78 Å². The van der Waals surface area contributed by atoms with Crippen molar-refractivity contribution in [1.29, 1.82) is 0 Å². The molecule has 2 saturated carbocycles. The van der Waals surface area contributed by atoms with Crippen molar-refractivity contribution >= 4 is 33.8 Å². The molecule has 49 heavy (non-hydrogen) atoms. The van der Waals surface area contributed by atoms with Gasteiger partial charge in [-0.3, -0.25) is 14.4 Å². The van der Waals surface area contributed by atoms with Gasteiger partial charge in [0.15, 0.2) is 11.6 Å². The topological polar surface area (TPSA) is 106 Å². The van der Waals surface area contributed by atoms with Gasteiger partial charge in [-0.1, -0.05) is 39.0 Å². The van der Waals surface area contributed by atoms with Gasteiger partial charge in [0, 0.05) is 40.3 Å². The molecule has 7 heteroatoms. The molecule has 2 fully saturated rings. The minimum atomic E-state index is -0.872. The van der Waals surface area contributed by atoms with E-state index in [1.54, 1.807) is 0 Å². The average molecular weight is 666 g/mol. The Morgan fingerprint density at radius 1 is 1.04 bits per heavy atom. The fourth-order valence-corrected chi connectivity index (χ4v) is 12.5. The number of nitrogens with zero attached hydrogens (tertiary/aromatic N) is 1. The number of rotatable bonds is 4. The molecule has 2 unspecified atom stereocenters. The standard InChI is InChI=1S/C42H51NO6/c1-20(2)33-36(48)31-30-23(26-19-38(4,5)49-39(6,7)32(26)35(30)47)18-24-25-17-22-11-12-28-40(8,15-13-27(45)21(3)44)29(46)14-16-41(28,9)42(22,10)37(25)43(33)34(24)31/h13,15,18-19,22,28-29,32-33,35,46-47H,1,11-12,14,16-17H2,2-10H3/b15-13+/t22?,28-,29-,32?,33-,35+,40-,41-,42+/m0/s1. The Bertz CT molecular complexity index is 1990. The van der Waals surface area contributed by atoms with Crippen LogP contribution in [0.2, 0.25) is 0 Å². The maximum Gasteiger partial charge on any atom is 0.220 e. The molecule has 1 aromatic carbocycles. The number of Topliss-reactive ketones (excluding diaryl/α,β-unsaturated/α-hetero) is 2. The van der Waals surface area contributed by atoms with Gasteiger partial charge in [0.1, 0.15) is 6.04 Å². The van der Waals surface area contributed by atoms with Gasteiger partial charge in [-0.25, -0.2) is 0 Å². The van der Waals surface area contributed by atoms with Crippen LogP contribution in [0.25, 0.3) is 16.5 Å². The average Bonchev–Trinajstić information content (AvgIpc) is 3.66. The van der Waals surface area contributed by atoms with Crippen LogP contribution >= 0.6 is 0 Å². The predicted octanol–water partition coefficient (Wildman–Crippen LogP) is 7.31. The second kappa shape index (κ2) is 9.80. The molecule has 7 nitrogen and oxygen atoms in total. The van der Waals surface area contributed by atoms with Crippen LogP contribution in [0.15, 0.2) is 36.4 Å². The van der Waals surface area contributed by atoms with Crippen molar-refractivity contribution in [2.75, 3.05) is 0 Å². The lowest BCUT2D eigenvalue weighted by atomic mass is 9.40. The number of aliphatic hydroxyl groups excluding tert-OH is 2. The van der Waals surface area contributed by atoms with Crippen molar-refractivity contribution in [3.8, 4) is 0 Å². The minimum Gasteiger partial charge on any atom is -0.392 e. The molecule has 6 aliphatic rings. The van der Waals surface area contributed by atoms with E-state index < -0.39 is 46.4 Å². The van der Waals surface area contributed by atoms with Crippen LogP contribution in [0, 0.1) is 28.6 Å². The molecule has 9 atom stereocenters. The summed E-state index contributed by atoms with van der Waals surface area (Å²) in [6.45, 7) is 22.6. The lowest BCUT2D eigenvalue weighted by molar-refractivity contribution is -0.145. The van der Waals surface area contributed by atoms with Gasteiger partial charge in [-0.05, 0) is 119 Å². The Labute approximate surface area is 289 Å². The fourth-order valence-electron chi connectivity index (χ4n) is 12.5. The number of aromatic nitrogens is 1. The van der Waals surface area contributed by atoms with E-state index >= 15 is 0 Å². The molecule has 0 bridgehead atoms. The maximum atomic E-state index is 14.8. The zero-order valence-electron chi connectivity index (χ0n) is 30.5. The second-order valence-electron chi connectivity index (χ2n) is 18.1. The highest BCUT2D eigenvalue weighted by molar-refractivity contribution is 6.40. The van der Waals surface area contributed by atoms with E-state index in [9.17, 15) is 24.6 Å². The lowest BCUT2D eigenvalue weighted by Crippen LogP contribution is -2.62. The number of allylic oxidation sites excluding steroid dienone is 2. The monoisotopic (exact) mass is 665 g/mol. The van der Waals surface area contributed by atoms with E-state index in [0.29, 0.717) is 17.9 Å². The quantitative estimate of drug-likeness (QED) is 0.202. The molecule has 8 rings (SSSR count). The van der Waals surface area contributed by atoms with Gasteiger partial charge in [-0.15, -0.1) is 0 Å². The molecule has 2 aromatic rings. The Hall–Kier alpha value is -3.13. The Morgan fingerprint density at radius 3 is 2.39 bits per heavy atom. The summed E-state index contributed by atoms with van der Waals surface area (Å²) in [5.41, 5.74) is 5.13. The molecule has 4 aliphatic carbocycles. The molecule has 3 heterocycles. The number of hydrogen-bond donors (Lipinski definition) is 2. The fraction of sp³-hybridized carbons (Fsp3) is 0.595. The first-order valence-corrected chi connectivity index (χ1v) is 18.2. The Morgan fingerprint density at radius 2 is 1.73 bits per heavy atom. The Balaban J connectivity index is 1.38. The van der Waals surface area contributed by atoms with E-state index in [0.717, 1.165) is 58.9 Å². The largest absolute Gasteiger partial charge is 0.392 e. The van der Waals surface area contributed by atoms with Gasteiger partial charge in [0.25, 0.3) is 0 Å². The highest BCUT2D eigenvalue weighted by Gasteiger charge is 2.68. The van der Waals surface area contributed by atoms with Crippen molar-refractivity contribution < 1.29 is 29.3 Å². The molecule has 260 valence electrons. The van der Waals surface area contributed by atoms with Crippen LogP contribution in [0.4, 0.5) is 0 Å². The second-order valence-corrected chi connectivity index (χ2v) is 18.1. The SMILES string of the molecule is C=C(C)[C@H]1C(=O)c2c3c(cc4c5c(n1c24)[C@@]1(C)C(CC[C@H]2[C@](C)(/C=C/C(=O)C(C)=O)[C@@H](O)CC[C@@]21C)C5)C1=CC(C)(C)OC(C)(C)C1[C@@H]3O. The van der Waals surface area contributed by atoms with Gasteiger partial charge < -0.3 is 19.5 Å². The molecule has 1 aromatic heterocycles. The highest BCUT2D eigenvalue weighted by atomic mass is 16.5. The van der Waals surface area contributed by atoms with Crippen LogP contribution in [0.3, 0.4) is 0 Å². The number of benzene rings is 1. The van der Waals surface area contributed by atoms with E-state index in [4.69, 9.17) is 4.74 Å². The van der Waals surface area contributed by atoms with E-state index in [2.05, 4.69) is 57.9 Å². The first-order valence-electron chi connectivity index (χ1n) is 18.2. The summed E-state index contributed by atoms with van der Waals surface area (Å²) < 4.78 is 8.82. The summed E-state index contributed by atoms with van der Waals surface area (Å²) in [7, 11) is 0. The third-order valence-corrected chi connectivity index (χ3v) is 14.6. The zero-order valence-corrected chi connectivity index (χ0v) is 30.5.